The standard InChI is InChI=1S/C13H6ClF2NS/c14-9-1-3-10(4-2-9)18-13-11(15)5-8(7-17)6-12(13)16/h1-6H. The minimum Gasteiger partial charge on any atom is -0.206 e. The summed E-state index contributed by atoms with van der Waals surface area (Å²) >= 11 is 6.67. The predicted molar refractivity (Wildman–Crippen MR) is 66.6 cm³/mol. The molecule has 1 nitrogen and oxygen atoms in total. The second kappa shape index (κ2) is 5.38. The van der Waals surface area contributed by atoms with Crippen molar-refractivity contribution in [2.75, 3.05) is 0 Å². The molecule has 0 amide bonds. The monoisotopic (exact) mass is 281 g/mol. The van der Waals surface area contributed by atoms with Crippen molar-refractivity contribution in [2.45, 2.75) is 9.79 Å². The van der Waals surface area contributed by atoms with Crippen LogP contribution in [0.4, 0.5) is 8.78 Å². The number of hydrogen-bond donors (Lipinski definition) is 0. The molecular weight excluding hydrogens is 276 g/mol. The number of rotatable bonds is 2. The molecule has 2 aromatic carbocycles. The number of benzene rings is 2. The molecule has 0 unspecified atom stereocenters. The Hall–Kier alpha value is -1.57. The summed E-state index contributed by atoms with van der Waals surface area (Å²) in [6, 6.07) is 10.4. The lowest BCUT2D eigenvalue weighted by Gasteiger charge is -2.05. The van der Waals surface area contributed by atoms with Crippen LogP contribution in [0.1, 0.15) is 5.56 Å². The van der Waals surface area contributed by atoms with Gasteiger partial charge in [0.2, 0.25) is 0 Å². The Balaban J connectivity index is 2.35. The third-order valence-electron chi connectivity index (χ3n) is 2.16. The highest BCUT2D eigenvalue weighted by atomic mass is 35.5. The Kier molecular flexibility index (Phi) is 3.85. The van der Waals surface area contributed by atoms with Crippen LogP contribution in [0, 0.1) is 23.0 Å². The summed E-state index contributed by atoms with van der Waals surface area (Å²) in [5.74, 6) is -1.49. The van der Waals surface area contributed by atoms with Gasteiger partial charge >= 0.3 is 0 Å². The van der Waals surface area contributed by atoms with E-state index >= 15 is 0 Å². The van der Waals surface area contributed by atoms with Crippen LogP contribution in [-0.2, 0) is 0 Å². The van der Waals surface area contributed by atoms with Gasteiger partial charge in [0, 0.05) is 9.92 Å². The third kappa shape index (κ3) is 2.81. The number of halogens is 3. The van der Waals surface area contributed by atoms with Gasteiger partial charge in [-0.15, -0.1) is 0 Å². The molecule has 90 valence electrons. The zero-order valence-corrected chi connectivity index (χ0v) is 10.5. The molecule has 0 N–H and O–H groups in total. The number of nitrogens with zero attached hydrogens (tertiary/aromatic N) is 1. The van der Waals surface area contributed by atoms with E-state index in [-0.39, 0.29) is 10.5 Å². The fourth-order valence-corrected chi connectivity index (χ4v) is 2.29. The van der Waals surface area contributed by atoms with Crippen molar-refractivity contribution >= 4 is 23.4 Å². The molecule has 0 bridgehead atoms. The van der Waals surface area contributed by atoms with Crippen molar-refractivity contribution in [1.82, 2.24) is 0 Å². The fraction of sp³-hybridized carbons (Fsp3) is 0. The minimum absolute atomic E-state index is 0.0366. The van der Waals surface area contributed by atoms with E-state index in [1.165, 1.54) is 0 Å². The van der Waals surface area contributed by atoms with E-state index in [2.05, 4.69) is 0 Å². The van der Waals surface area contributed by atoms with Crippen molar-refractivity contribution in [1.29, 1.82) is 5.26 Å². The van der Waals surface area contributed by atoms with Crippen molar-refractivity contribution < 1.29 is 8.78 Å². The Morgan fingerprint density at radius 1 is 1.06 bits per heavy atom. The molecule has 0 saturated heterocycles. The van der Waals surface area contributed by atoms with Gasteiger partial charge in [0.15, 0.2) is 0 Å². The van der Waals surface area contributed by atoms with Crippen molar-refractivity contribution in [3.8, 4) is 6.07 Å². The predicted octanol–water partition coefficient (Wildman–Crippen LogP) is 4.64. The van der Waals surface area contributed by atoms with Gasteiger partial charge < -0.3 is 0 Å². The second-order valence-electron chi connectivity index (χ2n) is 3.44. The first-order valence-electron chi connectivity index (χ1n) is 4.92. The maximum absolute atomic E-state index is 13.6. The smallest absolute Gasteiger partial charge is 0.141 e. The summed E-state index contributed by atoms with van der Waals surface area (Å²) in [6.07, 6.45) is 0. The van der Waals surface area contributed by atoms with E-state index in [1.54, 1.807) is 30.3 Å². The first kappa shape index (κ1) is 12.9. The van der Waals surface area contributed by atoms with E-state index in [9.17, 15) is 8.78 Å². The molecule has 0 heterocycles. The molecule has 0 fully saturated rings. The highest BCUT2D eigenvalue weighted by Crippen LogP contribution is 2.33. The van der Waals surface area contributed by atoms with Crippen LogP contribution in [0.25, 0.3) is 0 Å². The van der Waals surface area contributed by atoms with Crippen LogP contribution in [0.15, 0.2) is 46.2 Å². The molecule has 5 heteroatoms. The Morgan fingerprint density at radius 2 is 1.61 bits per heavy atom. The lowest BCUT2D eigenvalue weighted by molar-refractivity contribution is 0.540. The molecule has 2 aromatic rings. The van der Waals surface area contributed by atoms with Crippen LogP contribution >= 0.6 is 23.4 Å². The van der Waals surface area contributed by atoms with E-state index in [0.717, 1.165) is 23.9 Å². The van der Waals surface area contributed by atoms with Gasteiger partial charge in [-0.3, -0.25) is 0 Å². The minimum atomic E-state index is -0.744. The lowest BCUT2D eigenvalue weighted by Crippen LogP contribution is -1.90. The van der Waals surface area contributed by atoms with Crippen molar-refractivity contribution in [3.05, 3.63) is 58.6 Å². The molecule has 0 aromatic heterocycles. The third-order valence-corrected chi connectivity index (χ3v) is 3.51. The molecule has 0 spiro atoms. The first-order chi connectivity index (χ1) is 8.60. The summed E-state index contributed by atoms with van der Waals surface area (Å²) in [5.41, 5.74) is -0.0366. The van der Waals surface area contributed by atoms with Crippen molar-refractivity contribution in [2.24, 2.45) is 0 Å². The lowest BCUT2D eigenvalue weighted by atomic mass is 10.2. The van der Waals surface area contributed by atoms with Crippen LogP contribution in [0.3, 0.4) is 0 Å². The van der Waals surface area contributed by atoms with Crippen LogP contribution < -0.4 is 0 Å². The molecular formula is C13H6ClF2NS. The maximum Gasteiger partial charge on any atom is 0.141 e. The molecule has 0 aliphatic carbocycles. The zero-order valence-electron chi connectivity index (χ0n) is 8.95. The van der Waals surface area contributed by atoms with Crippen LogP contribution in [0.5, 0.6) is 0 Å². The zero-order chi connectivity index (χ0) is 13.1. The number of hydrogen-bond acceptors (Lipinski definition) is 2. The summed E-state index contributed by atoms with van der Waals surface area (Å²) in [4.78, 5) is 0.540. The normalized spacial score (nSPS) is 10.1. The second-order valence-corrected chi connectivity index (χ2v) is 4.96. The average molecular weight is 282 g/mol. The first-order valence-corrected chi connectivity index (χ1v) is 6.12. The van der Waals surface area contributed by atoms with E-state index in [1.807, 2.05) is 0 Å². The highest BCUT2D eigenvalue weighted by Gasteiger charge is 2.12. The summed E-state index contributed by atoms with van der Waals surface area (Å²) in [5, 5.41) is 9.15. The average Bonchev–Trinajstić information content (AvgIpc) is 2.35. The molecule has 2 rings (SSSR count). The molecule has 0 atom stereocenters. The van der Waals surface area contributed by atoms with E-state index < -0.39 is 11.6 Å². The largest absolute Gasteiger partial charge is 0.206 e. The topological polar surface area (TPSA) is 23.8 Å². The molecule has 0 aliphatic heterocycles. The fourth-order valence-electron chi connectivity index (χ4n) is 1.34. The molecule has 18 heavy (non-hydrogen) atoms. The summed E-state index contributed by atoms with van der Waals surface area (Å²) in [7, 11) is 0. The molecule has 0 saturated carbocycles. The van der Waals surface area contributed by atoms with Gasteiger partial charge in [-0.25, -0.2) is 8.78 Å². The van der Waals surface area contributed by atoms with Gasteiger partial charge in [0.05, 0.1) is 16.5 Å². The van der Waals surface area contributed by atoms with Gasteiger partial charge in [-0.05, 0) is 36.4 Å². The van der Waals surface area contributed by atoms with Gasteiger partial charge in [-0.2, -0.15) is 5.26 Å². The van der Waals surface area contributed by atoms with Gasteiger partial charge in [0.1, 0.15) is 11.6 Å². The van der Waals surface area contributed by atoms with Crippen LogP contribution in [-0.4, -0.2) is 0 Å². The number of nitriles is 1. The Bertz CT molecular complexity index is 597. The highest BCUT2D eigenvalue weighted by molar-refractivity contribution is 7.99. The van der Waals surface area contributed by atoms with Gasteiger partial charge in [-0.1, -0.05) is 23.4 Å². The SMILES string of the molecule is N#Cc1cc(F)c(Sc2ccc(Cl)cc2)c(F)c1. The molecule has 0 radical (unpaired) electrons. The van der Waals surface area contributed by atoms with Crippen molar-refractivity contribution in [3.63, 3.8) is 0 Å². The van der Waals surface area contributed by atoms with Crippen LogP contribution in [0.2, 0.25) is 5.02 Å². The Labute approximate surface area is 112 Å². The molecule has 0 aliphatic rings. The van der Waals surface area contributed by atoms with E-state index in [4.69, 9.17) is 16.9 Å². The van der Waals surface area contributed by atoms with Gasteiger partial charge in [0.25, 0.3) is 0 Å². The quantitative estimate of drug-likeness (QED) is 0.800. The summed E-state index contributed by atoms with van der Waals surface area (Å²) < 4.78 is 27.2. The van der Waals surface area contributed by atoms with E-state index in [0.29, 0.717) is 9.92 Å². The maximum atomic E-state index is 13.6. The Morgan fingerprint density at radius 3 is 2.11 bits per heavy atom. The summed E-state index contributed by atoms with van der Waals surface area (Å²) in [6.45, 7) is 0.